The normalized spacial score (nSPS) is 32.8. The minimum absolute atomic E-state index is 0.0157. The van der Waals surface area contributed by atoms with Crippen LogP contribution in [0.4, 0.5) is 5.69 Å². The van der Waals surface area contributed by atoms with Gasteiger partial charge in [-0.25, -0.2) is 0 Å². The van der Waals surface area contributed by atoms with Crippen molar-refractivity contribution in [2.75, 3.05) is 18.5 Å². The molecule has 34 heavy (non-hydrogen) atoms. The van der Waals surface area contributed by atoms with Crippen LogP contribution < -0.4 is 5.32 Å². The van der Waals surface area contributed by atoms with Crippen LogP contribution in [0.2, 0.25) is 0 Å². The number of thioether (sulfide) groups is 1. The highest BCUT2D eigenvalue weighted by Crippen LogP contribution is 2.68. The van der Waals surface area contributed by atoms with Crippen molar-refractivity contribution in [2.45, 2.75) is 67.9 Å². The molecule has 9 heteroatoms. The molecule has 3 aliphatic heterocycles. The minimum atomic E-state index is -0.807. The van der Waals surface area contributed by atoms with Gasteiger partial charge >= 0.3 is 5.97 Å². The molecule has 0 aromatic heterocycles. The van der Waals surface area contributed by atoms with Gasteiger partial charge in [-0.1, -0.05) is 48.0 Å². The van der Waals surface area contributed by atoms with Crippen LogP contribution in [-0.2, 0) is 19.1 Å². The highest BCUT2D eigenvalue weighted by Gasteiger charge is 2.76. The predicted molar refractivity (Wildman–Crippen MR) is 136 cm³/mol. The first-order valence-corrected chi connectivity index (χ1v) is 13.7. The minimum Gasteiger partial charge on any atom is -0.466 e. The lowest BCUT2D eigenvalue weighted by molar-refractivity contribution is -0.154. The van der Waals surface area contributed by atoms with Crippen LogP contribution in [0.3, 0.4) is 0 Å². The number of anilines is 1. The summed E-state index contributed by atoms with van der Waals surface area (Å²) in [7, 11) is 0. The summed E-state index contributed by atoms with van der Waals surface area (Å²) in [5, 5.41) is 13.2. The van der Waals surface area contributed by atoms with Crippen LogP contribution in [0.15, 0.2) is 18.2 Å². The Balaban J connectivity index is 1.81. The average Bonchev–Trinajstić information content (AvgIpc) is 3.35. The number of para-hydroxylation sites is 1. The zero-order chi connectivity index (χ0) is 24.9. The lowest BCUT2D eigenvalue weighted by atomic mass is 9.71. The number of alkyl halides is 1. The number of aryl methyl sites for hydroxylation is 2. The molecule has 0 aliphatic carbocycles. The Labute approximate surface area is 213 Å². The van der Waals surface area contributed by atoms with E-state index < -0.39 is 28.7 Å². The zero-order valence-corrected chi connectivity index (χ0v) is 22.6. The third-order valence-electron chi connectivity index (χ3n) is 7.58. The Morgan fingerprint density at radius 2 is 1.97 bits per heavy atom. The van der Waals surface area contributed by atoms with Crippen molar-refractivity contribution in [3.05, 3.63) is 29.3 Å². The van der Waals surface area contributed by atoms with E-state index in [4.69, 9.17) is 4.74 Å². The highest BCUT2D eigenvalue weighted by molar-refractivity contribution is 9.09. The number of halogens is 1. The topological polar surface area (TPSA) is 95.9 Å². The van der Waals surface area contributed by atoms with Crippen molar-refractivity contribution >= 4 is 51.2 Å². The Hall–Kier alpha value is -1.58. The van der Waals surface area contributed by atoms with E-state index in [1.54, 1.807) is 23.6 Å². The number of aliphatic hydroxyl groups excluding tert-OH is 1. The maximum Gasteiger partial charge on any atom is 0.310 e. The van der Waals surface area contributed by atoms with Gasteiger partial charge in [0.25, 0.3) is 0 Å². The van der Waals surface area contributed by atoms with Crippen molar-refractivity contribution in [1.82, 2.24) is 4.90 Å². The van der Waals surface area contributed by atoms with Gasteiger partial charge in [0, 0.05) is 15.8 Å². The Morgan fingerprint density at radius 1 is 1.32 bits per heavy atom. The molecule has 0 saturated carbocycles. The SMILES string of the molecule is CCOC(=O)[C@H]1[C@H]2C(=O)N([C@@H](CO)C(C)C)C(C(=O)Nc3c(C)cccc3C)C23CC(Br)[C@@H]1S3. The highest BCUT2D eigenvalue weighted by atomic mass is 79.9. The molecule has 1 aromatic carbocycles. The summed E-state index contributed by atoms with van der Waals surface area (Å²) < 4.78 is 4.61. The number of esters is 1. The summed E-state index contributed by atoms with van der Waals surface area (Å²) in [4.78, 5) is 42.6. The Morgan fingerprint density at radius 3 is 2.53 bits per heavy atom. The number of rotatable bonds is 7. The number of nitrogens with zero attached hydrogens (tertiary/aromatic N) is 1. The fourth-order valence-electron chi connectivity index (χ4n) is 6.06. The molecule has 7 atom stereocenters. The molecule has 2 N–H and O–H groups in total. The van der Waals surface area contributed by atoms with Crippen LogP contribution in [0.5, 0.6) is 0 Å². The van der Waals surface area contributed by atoms with Crippen molar-refractivity contribution in [1.29, 1.82) is 0 Å². The van der Waals surface area contributed by atoms with E-state index in [0.29, 0.717) is 6.42 Å². The van der Waals surface area contributed by atoms with E-state index in [1.807, 2.05) is 45.9 Å². The summed E-state index contributed by atoms with van der Waals surface area (Å²) >= 11 is 5.31. The maximum atomic E-state index is 14.0. The lowest BCUT2D eigenvalue weighted by Gasteiger charge is -2.38. The van der Waals surface area contributed by atoms with Crippen molar-refractivity contribution in [2.24, 2.45) is 17.8 Å². The second kappa shape index (κ2) is 9.47. The number of likely N-dealkylation sites (tertiary alicyclic amines) is 1. The summed E-state index contributed by atoms with van der Waals surface area (Å²) in [6, 6.07) is 4.48. The molecular formula is C25H33BrN2O5S. The lowest BCUT2D eigenvalue weighted by Crippen LogP contribution is -2.56. The van der Waals surface area contributed by atoms with Crippen molar-refractivity contribution in [3.63, 3.8) is 0 Å². The number of aliphatic hydroxyl groups is 1. The second-order valence-corrected chi connectivity index (χ2v) is 12.6. The van der Waals surface area contributed by atoms with Crippen molar-refractivity contribution < 1.29 is 24.2 Å². The number of nitrogens with one attached hydrogen (secondary N) is 1. The number of amides is 2. The van der Waals surface area contributed by atoms with Crippen LogP contribution in [0.25, 0.3) is 0 Å². The predicted octanol–water partition coefficient (Wildman–Crippen LogP) is 3.29. The van der Waals surface area contributed by atoms with Crippen LogP contribution in [0, 0.1) is 31.6 Å². The van der Waals surface area contributed by atoms with Gasteiger partial charge in [0.2, 0.25) is 11.8 Å². The average molecular weight is 554 g/mol. The smallest absolute Gasteiger partial charge is 0.310 e. The first-order valence-electron chi connectivity index (χ1n) is 11.9. The first-order chi connectivity index (χ1) is 16.1. The van der Waals surface area contributed by atoms with Crippen LogP contribution >= 0.6 is 27.7 Å². The van der Waals surface area contributed by atoms with E-state index in [9.17, 15) is 19.5 Å². The molecule has 186 valence electrons. The number of benzene rings is 1. The maximum absolute atomic E-state index is 14.0. The van der Waals surface area contributed by atoms with E-state index in [-0.39, 0.29) is 47.0 Å². The number of ether oxygens (including phenoxy) is 1. The molecule has 3 saturated heterocycles. The second-order valence-electron chi connectivity index (χ2n) is 9.91. The fourth-order valence-corrected chi connectivity index (χ4v) is 9.64. The molecule has 3 unspecified atom stereocenters. The summed E-state index contributed by atoms with van der Waals surface area (Å²) in [5.41, 5.74) is 2.61. The fraction of sp³-hybridized carbons (Fsp3) is 0.640. The van der Waals surface area contributed by atoms with Crippen molar-refractivity contribution in [3.8, 4) is 0 Å². The van der Waals surface area contributed by atoms with Gasteiger partial charge in [-0.2, -0.15) is 0 Å². The summed E-state index contributed by atoms with van der Waals surface area (Å²) in [5.74, 6) is -2.24. The van der Waals surface area contributed by atoms with Crippen LogP contribution in [0.1, 0.15) is 38.3 Å². The number of fused-ring (bicyclic) bond motifs is 1. The van der Waals surface area contributed by atoms with Gasteiger partial charge in [-0.3, -0.25) is 14.4 Å². The van der Waals surface area contributed by atoms with Crippen LogP contribution in [-0.4, -0.2) is 67.9 Å². The molecule has 2 amide bonds. The monoisotopic (exact) mass is 552 g/mol. The molecule has 1 aromatic rings. The van der Waals surface area contributed by atoms with Gasteiger partial charge < -0.3 is 20.1 Å². The number of hydrogen-bond acceptors (Lipinski definition) is 6. The van der Waals surface area contributed by atoms with Gasteiger partial charge in [0.05, 0.1) is 35.8 Å². The molecule has 2 bridgehead atoms. The molecule has 0 radical (unpaired) electrons. The standard InChI is InChI=1S/C25H33BrN2O5S/c1-6-33-24(32)17-18-23(31)28(16(11-29)12(2)3)21(25(18)10-15(26)20(17)34-25)22(30)27-19-13(4)8-7-9-14(19)5/h7-9,12,15-18,20-21,29H,6,10-11H2,1-5H3,(H,27,30)/t15?,16-,17-,18-,20-,21?,25?/m0/s1. The van der Waals surface area contributed by atoms with Gasteiger partial charge in [0.1, 0.15) is 6.04 Å². The van der Waals surface area contributed by atoms with E-state index in [2.05, 4.69) is 21.2 Å². The Bertz CT molecular complexity index is 983. The number of carbonyl (C=O) groups is 3. The third kappa shape index (κ3) is 3.78. The largest absolute Gasteiger partial charge is 0.466 e. The molecule has 3 fully saturated rings. The van der Waals surface area contributed by atoms with E-state index in [0.717, 1.165) is 16.8 Å². The third-order valence-corrected chi connectivity index (χ3v) is 10.8. The number of hydrogen-bond donors (Lipinski definition) is 2. The van der Waals surface area contributed by atoms with E-state index in [1.165, 1.54) is 0 Å². The van der Waals surface area contributed by atoms with E-state index >= 15 is 0 Å². The Kier molecular flexibility index (Phi) is 7.10. The first kappa shape index (κ1) is 25.5. The molecule has 7 nitrogen and oxygen atoms in total. The van der Waals surface area contributed by atoms with Gasteiger partial charge in [-0.15, -0.1) is 11.8 Å². The molecule has 1 spiro atoms. The quantitative estimate of drug-likeness (QED) is 0.398. The zero-order valence-electron chi connectivity index (χ0n) is 20.2. The van der Waals surface area contributed by atoms with Gasteiger partial charge in [-0.05, 0) is 44.2 Å². The molecule has 4 rings (SSSR count). The molecule has 3 aliphatic rings. The molecular weight excluding hydrogens is 520 g/mol. The molecule has 3 heterocycles. The number of carbonyl (C=O) groups excluding carboxylic acids is 3. The van der Waals surface area contributed by atoms with Gasteiger partial charge in [0.15, 0.2) is 0 Å². The summed E-state index contributed by atoms with van der Waals surface area (Å²) in [6.07, 6.45) is 0.590. The summed E-state index contributed by atoms with van der Waals surface area (Å²) in [6.45, 7) is 9.47.